The fourth-order valence-corrected chi connectivity index (χ4v) is 3.78. The van der Waals surface area contributed by atoms with E-state index in [1.165, 1.54) is 35.4 Å². The van der Waals surface area contributed by atoms with Crippen LogP contribution in [-0.4, -0.2) is 38.2 Å². The fourth-order valence-electron chi connectivity index (χ4n) is 2.38. The van der Waals surface area contributed by atoms with Crippen LogP contribution in [0.25, 0.3) is 6.08 Å². The van der Waals surface area contributed by atoms with E-state index in [1.807, 2.05) is 0 Å². The molecule has 1 aromatic carbocycles. The van der Waals surface area contributed by atoms with Crippen molar-refractivity contribution in [3.05, 3.63) is 58.9 Å². The standard InChI is InChI=1S/C18H14N2O5S2/c1-10(15(21)19-12-6-4-11(5-7-12)17(23)24)20-16(22)14(27-18(20)26)9-13-3-2-8-25-13/h2-10H,1H3,(H,19,21)(H,23,24)/b14-9+/t10-/m0/s1. The second kappa shape index (κ2) is 7.77. The van der Waals surface area contributed by atoms with Crippen LogP contribution in [0.3, 0.4) is 0 Å². The number of furan rings is 1. The van der Waals surface area contributed by atoms with Crippen molar-refractivity contribution < 1.29 is 23.9 Å². The van der Waals surface area contributed by atoms with E-state index in [-0.39, 0.29) is 15.8 Å². The number of thiocarbonyl (C=S) groups is 1. The first kappa shape index (κ1) is 18.9. The van der Waals surface area contributed by atoms with Gasteiger partial charge in [-0.15, -0.1) is 0 Å². The molecule has 1 aromatic heterocycles. The van der Waals surface area contributed by atoms with Crippen LogP contribution in [0.5, 0.6) is 0 Å². The second-order valence-corrected chi connectivity index (χ2v) is 7.29. The molecule has 1 fully saturated rings. The Labute approximate surface area is 164 Å². The SMILES string of the molecule is C[C@@H](C(=O)Nc1ccc(C(=O)O)cc1)N1C(=O)/C(=C\c2ccco2)SC1=S. The zero-order chi connectivity index (χ0) is 19.6. The van der Waals surface area contributed by atoms with E-state index in [0.29, 0.717) is 16.4 Å². The van der Waals surface area contributed by atoms with Gasteiger partial charge in [0.05, 0.1) is 16.7 Å². The Bertz CT molecular complexity index is 935. The lowest BCUT2D eigenvalue weighted by molar-refractivity contribution is -0.129. The second-order valence-electron chi connectivity index (χ2n) is 5.61. The molecule has 0 bridgehead atoms. The lowest BCUT2D eigenvalue weighted by atomic mass is 10.2. The van der Waals surface area contributed by atoms with Gasteiger partial charge < -0.3 is 14.8 Å². The van der Waals surface area contributed by atoms with Crippen LogP contribution in [0.1, 0.15) is 23.0 Å². The number of anilines is 1. The monoisotopic (exact) mass is 402 g/mol. The number of hydrogen-bond donors (Lipinski definition) is 2. The maximum Gasteiger partial charge on any atom is 0.335 e. The summed E-state index contributed by atoms with van der Waals surface area (Å²) >= 11 is 6.35. The number of aromatic carboxylic acids is 1. The van der Waals surface area contributed by atoms with Crippen LogP contribution < -0.4 is 5.32 Å². The molecular weight excluding hydrogens is 388 g/mol. The molecule has 0 saturated carbocycles. The molecule has 2 aromatic rings. The predicted octanol–water partition coefficient (Wildman–Crippen LogP) is 3.21. The van der Waals surface area contributed by atoms with E-state index >= 15 is 0 Å². The molecule has 27 heavy (non-hydrogen) atoms. The zero-order valence-corrected chi connectivity index (χ0v) is 15.7. The molecule has 0 spiro atoms. The van der Waals surface area contributed by atoms with Crippen molar-refractivity contribution in [2.45, 2.75) is 13.0 Å². The summed E-state index contributed by atoms with van der Waals surface area (Å²) in [5, 5.41) is 11.6. The number of benzene rings is 1. The van der Waals surface area contributed by atoms with Gasteiger partial charge in [-0.3, -0.25) is 14.5 Å². The number of hydrogen-bond acceptors (Lipinski definition) is 6. The topological polar surface area (TPSA) is 99.9 Å². The summed E-state index contributed by atoms with van der Waals surface area (Å²) in [6.45, 7) is 1.57. The number of thioether (sulfide) groups is 1. The minimum atomic E-state index is -1.05. The summed E-state index contributed by atoms with van der Waals surface area (Å²) in [6, 6.07) is 8.31. The first-order valence-electron chi connectivity index (χ1n) is 7.81. The number of nitrogens with zero attached hydrogens (tertiary/aromatic N) is 1. The van der Waals surface area contributed by atoms with Gasteiger partial charge in [-0.05, 0) is 43.3 Å². The van der Waals surface area contributed by atoms with E-state index in [0.717, 1.165) is 11.8 Å². The molecule has 0 unspecified atom stereocenters. The molecule has 1 aliphatic heterocycles. The van der Waals surface area contributed by atoms with E-state index < -0.39 is 17.9 Å². The van der Waals surface area contributed by atoms with Crippen molar-refractivity contribution in [1.29, 1.82) is 0 Å². The third-order valence-corrected chi connectivity index (χ3v) is 5.14. The average molecular weight is 402 g/mol. The molecule has 2 amide bonds. The van der Waals surface area contributed by atoms with Gasteiger partial charge in [0.2, 0.25) is 5.91 Å². The number of carboxylic acids is 1. The van der Waals surface area contributed by atoms with Crippen LogP contribution in [-0.2, 0) is 9.59 Å². The Morgan fingerprint density at radius 2 is 2.00 bits per heavy atom. The minimum Gasteiger partial charge on any atom is -0.478 e. The Balaban J connectivity index is 1.71. The van der Waals surface area contributed by atoms with Gasteiger partial charge in [0.1, 0.15) is 16.1 Å². The van der Waals surface area contributed by atoms with Crippen molar-refractivity contribution in [2.24, 2.45) is 0 Å². The van der Waals surface area contributed by atoms with Crippen LogP contribution in [0, 0.1) is 0 Å². The van der Waals surface area contributed by atoms with Crippen LogP contribution in [0.2, 0.25) is 0 Å². The number of nitrogens with one attached hydrogen (secondary N) is 1. The molecule has 3 rings (SSSR count). The van der Waals surface area contributed by atoms with Gasteiger partial charge in [-0.2, -0.15) is 0 Å². The van der Waals surface area contributed by atoms with Gasteiger partial charge in [0, 0.05) is 11.8 Å². The van der Waals surface area contributed by atoms with E-state index in [4.69, 9.17) is 21.7 Å². The van der Waals surface area contributed by atoms with Gasteiger partial charge in [-0.1, -0.05) is 24.0 Å². The maximum absolute atomic E-state index is 12.6. The first-order valence-corrected chi connectivity index (χ1v) is 9.04. The fraction of sp³-hybridized carbons (Fsp3) is 0.111. The molecule has 1 saturated heterocycles. The first-order chi connectivity index (χ1) is 12.9. The van der Waals surface area contributed by atoms with Crippen molar-refractivity contribution in [3.63, 3.8) is 0 Å². The van der Waals surface area contributed by atoms with E-state index in [1.54, 1.807) is 25.1 Å². The van der Waals surface area contributed by atoms with Crippen LogP contribution in [0.15, 0.2) is 52.0 Å². The van der Waals surface area contributed by atoms with Crippen molar-refractivity contribution in [3.8, 4) is 0 Å². The Hall–Kier alpha value is -2.91. The zero-order valence-electron chi connectivity index (χ0n) is 14.0. The van der Waals surface area contributed by atoms with E-state index in [2.05, 4.69) is 5.32 Å². The predicted molar refractivity (Wildman–Crippen MR) is 105 cm³/mol. The third-order valence-electron chi connectivity index (χ3n) is 3.81. The molecule has 0 aliphatic carbocycles. The number of rotatable bonds is 5. The number of carbonyl (C=O) groups is 3. The highest BCUT2D eigenvalue weighted by atomic mass is 32.2. The summed E-state index contributed by atoms with van der Waals surface area (Å²) < 4.78 is 5.48. The quantitative estimate of drug-likeness (QED) is 0.585. The highest BCUT2D eigenvalue weighted by Crippen LogP contribution is 2.34. The lowest BCUT2D eigenvalue weighted by Gasteiger charge is -2.22. The molecule has 2 heterocycles. The summed E-state index contributed by atoms with van der Waals surface area (Å²) in [7, 11) is 0. The molecule has 1 atom stereocenters. The molecular formula is C18H14N2O5S2. The van der Waals surface area contributed by atoms with Crippen LogP contribution >= 0.6 is 24.0 Å². The highest BCUT2D eigenvalue weighted by molar-refractivity contribution is 8.26. The summed E-state index contributed by atoms with van der Waals surface area (Å²) in [5.41, 5.74) is 0.537. The molecule has 0 radical (unpaired) electrons. The third kappa shape index (κ3) is 4.09. The van der Waals surface area contributed by atoms with Crippen LogP contribution in [0.4, 0.5) is 5.69 Å². The van der Waals surface area contributed by atoms with Gasteiger partial charge in [-0.25, -0.2) is 4.79 Å². The summed E-state index contributed by atoms with van der Waals surface area (Å²) in [6.07, 6.45) is 3.08. The Morgan fingerprint density at radius 1 is 1.30 bits per heavy atom. The largest absolute Gasteiger partial charge is 0.478 e. The molecule has 2 N–H and O–H groups in total. The smallest absolute Gasteiger partial charge is 0.335 e. The van der Waals surface area contributed by atoms with Crippen molar-refractivity contribution >= 4 is 57.8 Å². The van der Waals surface area contributed by atoms with Crippen molar-refractivity contribution in [1.82, 2.24) is 4.90 Å². The van der Waals surface area contributed by atoms with E-state index in [9.17, 15) is 14.4 Å². The van der Waals surface area contributed by atoms with Gasteiger partial charge >= 0.3 is 5.97 Å². The Kier molecular flexibility index (Phi) is 5.43. The molecule has 1 aliphatic rings. The summed E-state index contributed by atoms with van der Waals surface area (Å²) in [5.74, 6) is -1.34. The molecule has 9 heteroatoms. The number of carbonyl (C=O) groups excluding carboxylic acids is 2. The lowest BCUT2D eigenvalue weighted by Crippen LogP contribution is -2.44. The molecule has 7 nitrogen and oxygen atoms in total. The minimum absolute atomic E-state index is 0.112. The normalized spacial score (nSPS) is 16.6. The van der Waals surface area contributed by atoms with Gasteiger partial charge in [0.25, 0.3) is 5.91 Å². The highest BCUT2D eigenvalue weighted by Gasteiger charge is 2.38. The maximum atomic E-state index is 12.6. The molecule has 138 valence electrons. The van der Waals surface area contributed by atoms with Gasteiger partial charge in [0.15, 0.2) is 0 Å². The average Bonchev–Trinajstić information content (AvgIpc) is 3.23. The van der Waals surface area contributed by atoms with Crippen molar-refractivity contribution in [2.75, 3.05) is 5.32 Å². The summed E-state index contributed by atoms with van der Waals surface area (Å²) in [4.78, 5) is 37.6. The number of carboxylic acid groups (broad SMARTS) is 1. The Morgan fingerprint density at radius 3 is 2.59 bits per heavy atom. The number of amides is 2.